The van der Waals surface area contributed by atoms with Crippen molar-refractivity contribution < 1.29 is 14.3 Å². The van der Waals surface area contributed by atoms with Gasteiger partial charge in [-0.15, -0.1) is 0 Å². The average molecular weight is 309 g/mol. The Morgan fingerprint density at radius 3 is 2.95 bits per heavy atom. The molecule has 1 aromatic carbocycles. The summed E-state index contributed by atoms with van der Waals surface area (Å²) in [6.45, 7) is 2.09. The van der Waals surface area contributed by atoms with Crippen molar-refractivity contribution >= 4 is 17.6 Å². The van der Waals surface area contributed by atoms with Gasteiger partial charge in [-0.3, -0.25) is 0 Å². The minimum atomic E-state index is -1.05. The van der Waals surface area contributed by atoms with E-state index in [9.17, 15) is 14.3 Å². The molecule has 1 aromatic heterocycles. The molecule has 6 heteroatoms. The lowest BCUT2D eigenvalue weighted by molar-refractivity contribution is 0.0688. The van der Waals surface area contributed by atoms with E-state index >= 15 is 0 Å². The van der Waals surface area contributed by atoms with Crippen LogP contribution in [0.3, 0.4) is 0 Å². The predicted molar refractivity (Wildman–Crippen MR) is 76.7 cm³/mol. The number of rotatable bonds is 2. The fourth-order valence-corrected chi connectivity index (χ4v) is 2.91. The minimum Gasteiger partial charge on any atom is -0.476 e. The largest absolute Gasteiger partial charge is 0.476 e. The summed E-state index contributed by atoms with van der Waals surface area (Å²) < 4.78 is 15.2. The van der Waals surface area contributed by atoms with Crippen LogP contribution >= 0.6 is 11.6 Å². The van der Waals surface area contributed by atoms with Crippen LogP contribution in [0.5, 0.6) is 0 Å². The van der Waals surface area contributed by atoms with Gasteiger partial charge in [-0.25, -0.2) is 13.9 Å². The van der Waals surface area contributed by atoms with Crippen molar-refractivity contribution in [3.8, 4) is 5.69 Å². The molecule has 0 bridgehead atoms. The number of aromatic carboxylic acids is 1. The van der Waals surface area contributed by atoms with Crippen LogP contribution in [0, 0.1) is 11.7 Å². The summed E-state index contributed by atoms with van der Waals surface area (Å²) >= 11 is 5.69. The van der Waals surface area contributed by atoms with Gasteiger partial charge >= 0.3 is 5.97 Å². The van der Waals surface area contributed by atoms with Crippen LogP contribution in [0.25, 0.3) is 5.69 Å². The van der Waals surface area contributed by atoms with E-state index in [0.717, 1.165) is 24.1 Å². The summed E-state index contributed by atoms with van der Waals surface area (Å²) in [5.74, 6) is -1.16. The van der Waals surface area contributed by atoms with Crippen molar-refractivity contribution in [1.82, 2.24) is 9.78 Å². The van der Waals surface area contributed by atoms with Gasteiger partial charge in [0.15, 0.2) is 5.69 Å². The van der Waals surface area contributed by atoms with Crippen LogP contribution in [0.1, 0.15) is 35.1 Å². The van der Waals surface area contributed by atoms with E-state index < -0.39 is 11.8 Å². The quantitative estimate of drug-likeness (QED) is 0.924. The fourth-order valence-electron chi connectivity index (χ4n) is 2.79. The zero-order valence-corrected chi connectivity index (χ0v) is 12.2. The van der Waals surface area contributed by atoms with Gasteiger partial charge in [-0.1, -0.05) is 18.5 Å². The van der Waals surface area contributed by atoms with E-state index in [-0.39, 0.29) is 10.7 Å². The van der Waals surface area contributed by atoms with Gasteiger partial charge in [0, 0.05) is 17.3 Å². The molecule has 2 aromatic rings. The van der Waals surface area contributed by atoms with Crippen molar-refractivity contribution in [3.63, 3.8) is 0 Å². The monoisotopic (exact) mass is 308 g/mol. The molecule has 1 atom stereocenters. The highest BCUT2D eigenvalue weighted by atomic mass is 35.5. The molecular weight excluding hydrogens is 295 g/mol. The van der Waals surface area contributed by atoms with Crippen molar-refractivity contribution in [1.29, 1.82) is 0 Å². The van der Waals surface area contributed by atoms with Crippen LogP contribution in [-0.4, -0.2) is 20.9 Å². The Morgan fingerprint density at radius 1 is 1.52 bits per heavy atom. The van der Waals surface area contributed by atoms with Crippen molar-refractivity contribution in [2.75, 3.05) is 0 Å². The first-order valence-corrected chi connectivity index (χ1v) is 7.14. The number of halogens is 2. The smallest absolute Gasteiger partial charge is 0.356 e. The first-order chi connectivity index (χ1) is 9.97. The van der Waals surface area contributed by atoms with E-state index in [4.69, 9.17) is 11.6 Å². The molecule has 1 heterocycles. The molecule has 110 valence electrons. The van der Waals surface area contributed by atoms with E-state index in [1.165, 1.54) is 16.8 Å². The number of fused-ring (bicyclic) bond motifs is 1. The van der Waals surface area contributed by atoms with Crippen LogP contribution in [-0.2, 0) is 12.8 Å². The molecular formula is C15H14ClFN2O2. The molecule has 1 unspecified atom stereocenters. The maximum atomic E-state index is 13.6. The summed E-state index contributed by atoms with van der Waals surface area (Å²) in [5, 5.41) is 13.5. The standard InChI is InChI=1S/C15H14ClFN2O2/c1-8-2-5-13-10(6-8)14(15(20)21)18-19(13)9-3-4-11(16)12(17)7-9/h3-4,7-8H,2,5-6H2,1H3,(H,20,21). The fraction of sp³-hybridized carbons (Fsp3) is 0.333. The number of aromatic nitrogens is 2. The van der Waals surface area contributed by atoms with Gasteiger partial charge in [0.1, 0.15) is 5.82 Å². The lowest BCUT2D eigenvalue weighted by atomic mass is 9.87. The number of carbonyl (C=O) groups is 1. The maximum Gasteiger partial charge on any atom is 0.356 e. The number of nitrogens with zero attached hydrogens (tertiary/aromatic N) is 2. The summed E-state index contributed by atoms with van der Waals surface area (Å²) in [6, 6.07) is 4.37. The second-order valence-corrected chi connectivity index (χ2v) is 5.84. The molecule has 0 fully saturated rings. The summed E-state index contributed by atoms with van der Waals surface area (Å²) in [5.41, 5.74) is 2.17. The zero-order valence-electron chi connectivity index (χ0n) is 11.4. The van der Waals surface area contributed by atoms with Gasteiger partial charge in [-0.05, 0) is 37.3 Å². The molecule has 0 radical (unpaired) electrons. The predicted octanol–water partition coefficient (Wildman–Crippen LogP) is 3.49. The number of hydrogen-bond donors (Lipinski definition) is 1. The van der Waals surface area contributed by atoms with Crippen LogP contribution < -0.4 is 0 Å². The molecule has 21 heavy (non-hydrogen) atoms. The lowest BCUT2D eigenvalue weighted by Gasteiger charge is -2.19. The normalized spacial score (nSPS) is 17.6. The van der Waals surface area contributed by atoms with Crippen LogP contribution in [0.2, 0.25) is 5.02 Å². The van der Waals surface area contributed by atoms with Crippen molar-refractivity contribution in [2.45, 2.75) is 26.2 Å². The zero-order chi connectivity index (χ0) is 15.1. The summed E-state index contributed by atoms with van der Waals surface area (Å²) in [7, 11) is 0. The van der Waals surface area contributed by atoms with E-state index in [0.29, 0.717) is 18.0 Å². The van der Waals surface area contributed by atoms with Crippen LogP contribution in [0.4, 0.5) is 4.39 Å². The molecule has 1 aliphatic rings. The van der Waals surface area contributed by atoms with Gasteiger partial charge < -0.3 is 5.11 Å². The SMILES string of the molecule is CC1CCc2c(c(C(=O)O)nn2-c2ccc(Cl)c(F)c2)C1. The highest BCUT2D eigenvalue weighted by molar-refractivity contribution is 6.30. The van der Waals surface area contributed by atoms with E-state index in [2.05, 4.69) is 12.0 Å². The van der Waals surface area contributed by atoms with Crippen molar-refractivity contribution in [2.24, 2.45) is 5.92 Å². The Morgan fingerprint density at radius 2 is 2.29 bits per heavy atom. The number of benzene rings is 1. The molecule has 0 spiro atoms. The lowest BCUT2D eigenvalue weighted by Crippen LogP contribution is -2.14. The third-order valence-corrected chi connectivity index (χ3v) is 4.17. The number of hydrogen-bond acceptors (Lipinski definition) is 2. The molecule has 0 aliphatic heterocycles. The van der Waals surface area contributed by atoms with Crippen molar-refractivity contribution in [3.05, 3.63) is 46.0 Å². The summed E-state index contributed by atoms with van der Waals surface area (Å²) in [6.07, 6.45) is 2.39. The first kappa shape index (κ1) is 14.1. The molecule has 1 aliphatic carbocycles. The van der Waals surface area contributed by atoms with E-state index in [1.807, 2.05) is 0 Å². The molecule has 1 N–H and O–H groups in total. The Bertz CT molecular complexity index is 727. The third kappa shape index (κ3) is 2.42. The minimum absolute atomic E-state index is 0.0341. The summed E-state index contributed by atoms with van der Waals surface area (Å²) in [4.78, 5) is 11.4. The average Bonchev–Trinajstić information content (AvgIpc) is 2.80. The van der Waals surface area contributed by atoms with E-state index in [1.54, 1.807) is 6.07 Å². The Balaban J connectivity index is 2.17. The first-order valence-electron chi connectivity index (χ1n) is 6.77. The van der Waals surface area contributed by atoms with Crippen LogP contribution in [0.15, 0.2) is 18.2 Å². The third-order valence-electron chi connectivity index (χ3n) is 3.87. The number of carboxylic acid groups (broad SMARTS) is 1. The van der Waals surface area contributed by atoms with Gasteiger partial charge in [0.2, 0.25) is 0 Å². The molecule has 3 rings (SSSR count). The Labute approximate surface area is 126 Å². The Hall–Kier alpha value is -1.88. The molecule has 4 nitrogen and oxygen atoms in total. The van der Waals surface area contributed by atoms with Gasteiger partial charge in [-0.2, -0.15) is 5.10 Å². The Kier molecular flexibility index (Phi) is 3.45. The number of carboxylic acids is 1. The highest BCUT2D eigenvalue weighted by Gasteiger charge is 2.28. The molecule has 0 saturated carbocycles. The van der Waals surface area contributed by atoms with Gasteiger partial charge in [0.05, 0.1) is 10.7 Å². The molecule has 0 amide bonds. The topological polar surface area (TPSA) is 55.1 Å². The highest BCUT2D eigenvalue weighted by Crippen LogP contribution is 2.30. The molecule has 0 saturated heterocycles. The van der Waals surface area contributed by atoms with Gasteiger partial charge in [0.25, 0.3) is 0 Å². The second-order valence-electron chi connectivity index (χ2n) is 5.44. The maximum absolute atomic E-state index is 13.6. The second kappa shape index (κ2) is 5.15.